The lowest BCUT2D eigenvalue weighted by molar-refractivity contribution is -0.159. The highest BCUT2D eigenvalue weighted by atomic mass is 16.6. The van der Waals surface area contributed by atoms with E-state index in [0.29, 0.717) is 19.6 Å². The molecule has 0 saturated carbocycles. The molecule has 0 aliphatic carbocycles. The standard InChI is InChI=1S/C12H17NO5/c14-11(10-6-17-3-4-18-10)13-7-1-2-9(13)8(5-7)12(15)16/h7-10H,1-6H2,(H,15,16). The summed E-state index contributed by atoms with van der Waals surface area (Å²) in [4.78, 5) is 25.2. The van der Waals surface area contributed by atoms with E-state index in [9.17, 15) is 9.59 Å². The molecule has 1 N–H and O–H groups in total. The maximum Gasteiger partial charge on any atom is 0.308 e. The number of fused-ring (bicyclic) bond motifs is 2. The van der Waals surface area contributed by atoms with Crippen molar-refractivity contribution in [1.29, 1.82) is 0 Å². The van der Waals surface area contributed by atoms with Gasteiger partial charge in [-0.2, -0.15) is 0 Å². The molecule has 3 aliphatic rings. The molecule has 6 nitrogen and oxygen atoms in total. The van der Waals surface area contributed by atoms with Crippen LogP contribution in [0.3, 0.4) is 0 Å². The Morgan fingerprint density at radius 2 is 2.06 bits per heavy atom. The lowest BCUT2D eigenvalue weighted by Gasteiger charge is -2.29. The Kier molecular flexibility index (Phi) is 2.99. The Morgan fingerprint density at radius 1 is 1.22 bits per heavy atom. The first-order valence-electron chi connectivity index (χ1n) is 6.43. The number of ether oxygens (including phenoxy) is 2. The van der Waals surface area contributed by atoms with Crippen molar-refractivity contribution >= 4 is 11.9 Å². The summed E-state index contributed by atoms with van der Waals surface area (Å²) >= 11 is 0. The maximum absolute atomic E-state index is 12.4. The fraction of sp³-hybridized carbons (Fsp3) is 0.833. The molecule has 3 saturated heterocycles. The molecular formula is C12H17NO5. The van der Waals surface area contributed by atoms with E-state index in [1.165, 1.54) is 0 Å². The van der Waals surface area contributed by atoms with Gasteiger partial charge in [-0.15, -0.1) is 0 Å². The van der Waals surface area contributed by atoms with Crippen LogP contribution in [0.2, 0.25) is 0 Å². The van der Waals surface area contributed by atoms with Crippen molar-refractivity contribution in [3.63, 3.8) is 0 Å². The summed E-state index contributed by atoms with van der Waals surface area (Å²) in [5.41, 5.74) is 0. The van der Waals surface area contributed by atoms with Crippen molar-refractivity contribution in [3.8, 4) is 0 Å². The molecule has 18 heavy (non-hydrogen) atoms. The van der Waals surface area contributed by atoms with Crippen LogP contribution in [0.1, 0.15) is 19.3 Å². The molecule has 3 aliphatic heterocycles. The molecule has 3 fully saturated rings. The van der Waals surface area contributed by atoms with Gasteiger partial charge in [-0.3, -0.25) is 9.59 Å². The maximum atomic E-state index is 12.4. The van der Waals surface area contributed by atoms with E-state index in [-0.39, 0.29) is 24.6 Å². The van der Waals surface area contributed by atoms with Gasteiger partial charge in [0, 0.05) is 12.1 Å². The lowest BCUT2D eigenvalue weighted by Crippen LogP contribution is -2.48. The zero-order valence-corrected chi connectivity index (χ0v) is 10.1. The van der Waals surface area contributed by atoms with Crippen molar-refractivity contribution in [2.45, 2.75) is 37.5 Å². The predicted molar refractivity (Wildman–Crippen MR) is 60.0 cm³/mol. The Hall–Kier alpha value is -1.14. The van der Waals surface area contributed by atoms with Gasteiger partial charge in [0.25, 0.3) is 5.91 Å². The number of carboxylic acids is 1. The number of hydrogen-bond acceptors (Lipinski definition) is 4. The SMILES string of the molecule is O=C(O)C1CC2CCC1N2C(=O)C1COCCO1. The van der Waals surface area contributed by atoms with E-state index in [1.54, 1.807) is 4.90 Å². The minimum Gasteiger partial charge on any atom is -0.481 e. The highest BCUT2D eigenvalue weighted by Crippen LogP contribution is 2.42. The number of carboxylic acid groups (broad SMARTS) is 1. The first-order valence-corrected chi connectivity index (χ1v) is 6.43. The fourth-order valence-corrected chi connectivity index (χ4v) is 3.39. The summed E-state index contributed by atoms with van der Waals surface area (Å²) in [6.45, 7) is 1.24. The quantitative estimate of drug-likeness (QED) is 0.743. The van der Waals surface area contributed by atoms with Gasteiger partial charge >= 0.3 is 5.97 Å². The summed E-state index contributed by atoms with van der Waals surface area (Å²) in [6, 6.07) is -0.0698. The second-order valence-electron chi connectivity index (χ2n) is 5.16. The highest BCUT2D eigenvalue weighted by molar-refractivity contribution is 5.84. The largest absolute Gasteiger partial charge is 0.481 e. The Balaban J connectivity index is 1.72. The van der Waals surface area contributed by atoms with Gasteiger partial charge in [0.15, 0.2) is 6.10 Å². The molecule has 3 heterocycles. The molecule has 3 rings (SSSR count). The van der Waals surface area contributed by atoms with Crippen molar-refractivity contribution < 1.29 is 24.2 Å². The summed E-state index contributed by atoms with van der Waals surface area (Å²) in [5.74, 6) is -1.29. The number of aliphatic carboxylic acids is 1. The van der Waals surface area contributed by atoms with E-state index >= 15 is 0 Å². The van der Waals surface area contributed by atoms with Gasteiger partial charge in [-0.05, 0) is 19.3 Å². The van der Waals surface area contributed by atoms with Crippen LogP contribution in [0, 0.1) is 5.92 Å². The Bertz CT molecular complexity index is 365. The second kappa shape index (κ2) is 4.51. The summed E-state index contributed by atoms with van der Waals surface area (Å²) in [5, 5.41) is 9.15. The summed E-state index contributed by atoms with van der Waals surface area (Å²) in [7, 11) is 0. The van der Waals surface area contributed by atoms with E-state index in [2.05, 4.69) is 0 Å². The minimum atomic E-state index is -0.791. The Labute approximate surface area is 105 Å². The molecule has 0 aromatic heterocycles. The van der Waals surface area contributed by atoms with Crippen molar-refractivity contribution in [1.82, 2.24) is 4.90 Å². The lowest BCUT2D eigenvalue weighted by atomic mass is 9.89. The smallest absolute Gasteiger partial charge is 0.308 e. The van der Waals surface area contributed by atoms with E-state index in [1.807, 2.05) is 0 Å². The average molecular weight is 255 g/mol. The number of rotatable bonds is 2. The van der Waals surface area contributed by atoms with E-state index in [0.717, 1.165) is 12.8 Å². The summed E-state index contributed by atoms with van der Waals surface area (Å²) in [6.07, 6.45) is 1.74. The van der Waals surface area contributed by atoms with Crippen LogP contribution in [0.15, 0.2) is 0 Å². The second-order valence-corrected chi connectivity index (χ2v) is 5.16. The monoisotopic (exact) mass is 255 g/mol. The van der Waals surface area contributed by atoms with Gasteiger partial charge in [-0.1, -0.05) is 0 Å². The van der Waals surface area contributed by atoms with Gasteiger partial charge < -0.3 is 19.5 Å². The molecule has 0 radical (unpaired) electrons. The van der Waals surface area contributed by atoms with Crippen LogP contribution in [0.5, 0.6) is 0 Å². The van der Waals surface area contributed by atoms with Crippen molar-refractivity contribution in [3.05, 3.63) is 0 Å². The topological polar surface area (TPSA) is 76.1 Å². The first-order chi connectivity index (χ1) is 8.68. The molecule has 1 amide bonds. The molecule has 0 spiro atoms. The molecule has 4 atom stereocenters. The first kappa shape index (κ1) is 11.9. The van der Waals surface area contributed by atoms with Gasteiger partial charge in [0.1, 0.15) is 0 Å². The molecular weight excluding hydrogens is 238 g/mol. The Morgan fingerprint density at radius 3 is 2.67 bits per heavy atom. The third kappa shape index (κ3) is 1.80. The molecule has 6 heteroatoms. The zero-order valence-electron chi connectivity index (χ0n) is 10.1. The number of nitrogens with zero attached hydrogens (tertiary/aromatic N) is 1. The highest BCUT2D eigenvalue weighted by Gasteiger charge is 2.52. The van der Waals surface area contributed by atoms with Crippen LogP contribution in [-0.2, 0) is 19.1 Å². The number of hydrogen-bond donors (Lipinski definition) is 1. The predicted octanol–water partition coefficient (Wildman–Crippen LogP) is -0.134. The van der Waals surface area contributed by atoms with Gasteiger partial charge in [0.05, 0.1) is 25.7 Å². The third-order valence-corrected chi connectivity index (χ3v) is 4.20. The van der Waals surface area contributed by atoms with Crippen LogP contribution < -0.4 is 0 Å². The van der Waals surface area contributed by atoms with E-state index < -0.39 is 18.0 Å². The van der Waals surface area contributed by atoms with Gasteiger partial charge in [-0.25, -0.2) is 0 Å². The molecule has 2 bridgehead atoms. The number of amides is 1. The van der Waals surface area contributed by atoms with Crippen LogP contribution in [-0.4, -0.2) is 59.9 Å². The van der Waals surface area contributed by atoms with E-state index in [4.69, 9.17) is 14.6 Å². The van der Waals surface area contributed by atoms with Crippen LogP contribution >= 0.6 is 0 Å². The molecule has 100 valence electrons. The van der Waals surface area contributed by atoms with Crippen molar-refractivity contribution in [2.75, 3.05) is 19.8 Å². The summed E-state index contributed by atoms with van der Waals surface area (Å²) < 4.78 is 10.6. The van der Waals surface area contributed by atoms with Crippen LogP contribution in [0.4, 0.5) is 0 Å². The molecule has 0 aromatic rings. The van der Waals surface area contributed by atoms with Gasteiger partial charge in [0.2, 0.25) is 0 Å². The third-order valence-electron chi connectivity index (χ3n) is 4.20. The number of carbonyl (C=O) groups excluding carboxylic acids is 1. The average Bonchev–Trinajstić information content (AvgIpc) is 2.96. The number of carbonyl (C=O) groups is 2. The van der Waals surface area contributed by atoms with Crippen molar-refractivity contribution in [2.24, 2.45) is 5.92 Å². The van der Waals surface area contributed by atoms with Crippen LogP contribution in [0.25, 0.3) is 0 Å². The fourth-order valence-electron chi connectivity index (χ4n) is 3.39. The normalized spacial score (nSPS) is 39.0. The molecule has 4 unspecified atom stereocenters. The zero-order chi connectivity index (χ0) is 12.7. The minimum absolute atomic E-state index is 0.0779. The molecule has 0 aromatic carbocycles.